The molecule has 1 rings (SSSR count). The Bertz CT molecular complexity index is 692. The van der Waals surface area contributed by atoms with Gasteiger partial charge < -0.3 is 0 Å². The predicted octanol–water partition coefficient (Wildman–Crippen LogP) is 3.96. The lowest BCUT2D eigenvalue weighted by molar-refractivity contribution is -0.384. The number of rotatable bonds is 8. The van der Waals surface area contributed by atoms with E-state index in [1.807, 2.05) is 27.7 Å². The second kappa shape index (κ2) is 10.1. The lowest BCUT2D eigenvalue weighted by Crippen LogP contribution is -2.38. The van der Waals surface area contributed by atoms with E-state index >= 15 is 0 Å². The first-order valence-electron chi connectivity index (χ1n) is 8.25. The van der Waals surface area contributed by atoms with Gasteiger partial charge in [-0.25, -0.2) is 8.42 Å². The average molecular weight is 369 g/mol. The number of sulfonamides is 1. The molecule has 0 radical (unpaired) electrons. The van der Waals surface area contributed by atoms with E-state index in [0.717, 1.165) is 0 Å². The summed E-state index contributed by atoms with van der Waals surface area (Å²) >= 11 is 0. The maximum absolute atomic E-state index is 12.7. The number of nitrogens with zero attached hydrogens (tertiary/aromatic N) is 3. The van der Waals surface area contributed by atoms with Crippen molar-refractivity contribution >= 4 is 15.7 Å². The molecule has 0 saturated heterocycles. The Kier molecular flexibility index (Phi) is 9.31. The van der Waals surface area contributed by atoms with Crippen LogP contribution in [0.15, 0.2) is 29.2 Å². The molecule has 1 aromatic rings. The Morgan fingerprint density at radius 3 is 2.16 bits per heavy atom. The molecular formula is C17H27N3O4S. The highest BCUT2D eigenvalue weighted by Gasteiger charge is 2.29. The number of benzene rings is 1. The minimum Gasteiger partial charge on any atom is -0.258 e. The minimum absolute atomic E-state index is 0.0287. The zero-order valence-corrected chi connectivity index (χ0v) is 16.3. The summed E-state index contributed by atoms with van der Waals surface area (Å²) in [6.45, 7) is 10.1. The third-order valence-corrected chi connectivity index (χ3v) is 5.49. The van der Waals surface area contributed by atoms with E-state index < -0.39 is 14.9 Å². The molecule has 0 atom stereocenters. The zero-order chi connectivity index (χ0) is 19.7. The number of nitro benzene ring substituents is 1. The molecular weight excluding hydrogens is 342 g/mol. The van der Waals surface area contributed by atoms with Crippen LogP contribution in [-0.2, 0) is 10.0 Å². The Morgan fingerprint density at radius 1 is 1.24 bits per heavy atom. The number of non-ortho nitro benzene ring substituents is 1. The smallest absolute Gasteiger partial charge is 0.258 e. The van der Waals surface area contributed by atoms with Crippen molar-refractivity contribution in [3.8, 4) is 6.07 Å². The van der Waals surface area contributed by atoms with Crippen molar-refractivity contribution in [3.63, 3.8) is 0 Å². The lowest BCUT2D eigenvalue weighted by atomic mass is 9.88. The zero-order valence-electron chi connectivity index (χ0n) is 15.5. The first-order valence-corrected chi connectivity index (χ1v) is 9.69. The molecule has 0 aliphatic heterocycles. The molecule has 0 unspecified atom stereocenters. The number of hydrogen-bond acceptors (Lipinski definition) is 5. The minimum atomic E-state index is -3.72. The predicted molar refractivity (Wildman–Crippen MR) is 97.5 cm³/mol. The van der Waals surface area contributed by atoms with E-state index in [9.17, 15) is 18.5 Å². The molecule has 0 aliphatic rings. The highest BCUT2D eigenvalue weighted by molar-refractivity contribution is 7.89. The van der Waals surface area contributed by atoms with Crippen LogP contribution in [0.25, 0.3) is 0 Å². The van der Waals surface area contributed by atoms with Gasteiger partial charge in [-0.2, -0.15) is 9.57 Å². The third kappa shape index (κ3) is 6.80. The Hall–Kier alpha value is -1.98. The number of nitriles is 1. The molecule has 0 bridgehead atoms. The van der Waals surface area contributed by atoms with Crippen molar-refractivity contribution in [2.45, 2.75) is 52.4 Å². The van der Waals surface area contributed by atoms with Gasteiger partial charge in [0, 0.05) is 31.6 Å². The molecule has 0 aromatic heterocycles. The summed E-state index contributed by atoms with van der Waals surface area (Å²) in [5.41, 5.74) is -0.485. The van der Waals surface area contributed by atoms with Crippen LogP contribution in [0.5, 0.6) is 0 Å². The Balaban J connectivity index is 0.00000277. The average Bonchev–Trinajstić information content (AvgIpc) is 2.59. The van der Waals surface area contributed by atoms with Crippen molar-refractivity contribution in [2.75, 3.05) is 13.1 Å². The van der Waals surface area contributed by atoms with E-state index in [4.69, 9.17) is 5.26 Å². The van der Waals surface area contributed by atoms with Crippen molar-refractivity contribution in [2.24, 2.45) is 5.41 Å². The van der Waals surface area contributed by atoms with Gasteiger partial charge in [-0.1, -0.05) is 34.6 Å². The van der Waals surface area contributed by atoms with E-state index in [1.165, 1.54) is 28.6 Å². The quantitative estimate of drug-likeness (QED) is 0.509. The molecule has 0 heterocycles. The summed E-state index contributed by atoms with van der Waals surface area (Å²) in [5, 5.41) is 19.4. The molecule has 1 aromatic carbocycles. The molecule has 140 valence electrons. The molecule has 8 heteroatoms. The van der Waals surface area contributed by atoms with Crippen LogP contribution in [-0.4, -0.2) is 30.7 Å². The van der Waals surface area contributed by atoms with Gasteiger partial charge in [0.15, 0.2) is 0 Å². The van der Waals surface area contributed by atoms with Crippen LogP contribution < -0.4 is 0 Å². The van der Waals surface area contributed by atoms with Crippen molar-refractivity contribution in [1.29, 1.82) is 5.26 Å². The maximum atomic E-state index is 12.7. The summed E-state index contributed by atoms with van der Waals surface area (Å²) in [6, 6.07) is 6.93. The maximum Gasteiger partial charge on any atom is 0.269 e. The monoisotopic (exact) mass is 369 g/mol. The second-order valence-electron chi connectivity index (χ2n) is 6.00. The standard InChI is InChI=1S/C15H21N3O4S.C2H6/c1-4-17(12-15(2,3)10-5-11-16)23(21,22)14-8-6-13(7-9-14)18(19)20;1-2/h6-9H,4-5,10,12H2,1-3H3;1-2H3. The van der Waals surface area contributed by atoms with Crippen LogP contribution >= 0.6 is 0 Å². The molecule has 0 fully saturated rings. The Morgan fingerprint density at radius 2 is 1.76 bits per heavy atom. The van der Waals surface area contributed by atoms with Crippen LogP contribution in [0.4, 0.5) is 5.69 Å². The SMILES string of the molecule is CC.CCN(CC(C)(C)CCC#N)S(=O)(=O)c1ccc([N+](=O)[O-])cc1. The fourth-order valence-corrected chi connectivity index (χ4v) is 3.84. The molecule has 0 amide bonds. The third-order valence-electron chi connectivity index (χ3n) is 3.56. The van der Waals surface area contributed by atoms with Gasteiger partial charge in [-0.3, -0.25) is 10.1 Å². The topological polar surface area (TPSA) is 104 Å². The van der Waals surface area contributed by atoms with E-state index in [1.54, 1.807) is 6.92 Å². The molecule has 0 spiro atoms. The molecule has 0 saturated carbocycles. The largest absolute Gasteiger partial charge is 0.269 e. The summed E-state index contributed by atoms with van der Waals surface area (Å²) in [7, 11) is -3.72. The Labute approximate surface area is 150 Å². The van der Waals surface area contributed by atoms with E-state index in [-0.39, 0.29) is 29.1 Å². The number of hydrogen-bond donors (Lipinski definition) is 0. The van der Waals surface area contributed by atoms with Gasteiger partial charge in [-0.15, -0.1) is 0 Å². The fourth-order valence-electron chi connectivity index (χ4n) is 2.21. The summed E-state index contributed by atoms with van der Waals surface area (Å²) < 4.78 is 26.7. The van der Waals surface area contributed by atoms with Gasteiger partial charge in [-0.05, 0) is 24.0 Å². The van der Waals surface area contributed by atoms with Gasteiger partial charge in [0.1, 0.15) is 0 Å². The van der Waals surface area contributed by atoms with Gasteiger partial charge in [0.05, 0.1) is 15.9 Å². The summed E-state index contributed by atoms with van der Waals surface area (Å²) in [4.78, 5) is 10.1. The van der Waals surface area contributed by atoms with Crippen molar-refractivity contribution in [1.82, 2.24) is 4.31 Å². The second-order valence-corrected chi connectivity index (χ2v) is 7.94. The van der Waals surface area contributed by atoms with Gasteiger partial charge >= 0.3 is 0 Å². The van der Waals surface area contributed by atoms with E-state index in [0.29, 0.717) is 12.8 Å². The molecule has 7 nitrogen and oxygen atoms in total. The van der Waals surface area contributed by atoms with Gasteiger partial charge in [0.2, 0.25) is 10.0 Å². The molecule has 0 aliphatic carbocycles. The molecule has 25 heavy (non-hydrogen) atoms. The highest BCUT2D eigenvalue weighted by Crippen LogP contribution is 2.27. The lowest BCUT2D eigenvalue weighted by Gasteiger charge is -2.31. The van der Waals surface area contributed by atoms with Crippen molar-refractivity contribution in [3.05, 3.63) is 34.4 Å². The molecule has 0 N–H and O–H groups in total. The summed E-state index contributed by atoms with van der Waals surface area (Å²) in [5.74, 6) is 0. The van der Waals surface area contributed by atoms with Crippen LogP contribution in [0.2, 0.25) is 0 Å². The first-order chi connectivity index (χ1) is 11.6. The number of nitro groups is 1. The van der Waals surface area contributed by atoms with Crippen LogP contribution in [0.3, 0.4) is 0 Å². The van der Waals surface area contributed by atoms with Crippen LogP contribution in [0, 0.1) is 26.9 Å². The van der Waals surface area contributed by atoms with E-state index in [2.05, 4.69) is 6.07 Å². The normalized spacial score (nSPS) is 11.4. The first kappa shape index (κ1) is 23.0. The van der Waals surface area contributed by atoms with Crippen molar-refractivity contribution < 1.29 is 13.3 Å². The van der Waals surface area contributed by atoms with Gasteiger partial charge in [0.25, 0.3) is 5.69 Å². The van der Waals surface area contributed by atoms with Crippen LogP contribution in [0.1, 0.15) is 47.5 Å². The highest BCUT2D eigenvalue weighted by atomic mass is 32.2. The summed E-state index contributed by atoms with van der Waals surface area (Å²) in [6.07, 6.45) is 0.956. The fraction of sp³-hybridized carbons (Fsp3) is 0.588.